The predicted molar refractivity (Wildman–Crippen MR) is 101 cm³/mol. The molecule has 0 saturated carbocycles. The molecule has 1 aromatic carbocycles. The van der Waals surface area contributed by atoms with E-state index in [1.807, 2.05) is 13.8 Å². The first kappa shape index (κ1) is 19.6. The molecule has 0 aliphatic carbocycles. The molecule has 0 fully saturated rings. The number of esters is 1. The van der Waals surface area contributed by atoms with Gasteiger partial charge in [0.1, 0.15) is 4.88 Å². The predicted octanol–water partition coefficient (Wildman–Crippen LogP) is 3.48. The summed E-state index contributed by atoms with van der Waals surface area (Å²) < 4.78 is 5.20. The summed E-state index contributed by atoms with van der Waals surface area (Å²) in [6, 6.07) is 6.47. The Morgan fingerprint density at radius 1 is 1.15 bits per heavy atom. The van der Waals surface area contributed by atoms with Gasteiger partial charge in [-0.3, -0.25) is 14.9 Å². The van der Waals surface area contributed by atoms with E-state index in [0.717, 1.165) is 11.3 Å². The minimum atomic E-state index is -0.436. The number of anilines is 2. The Hall–Kier alpha value is -2.74. The second kappa shape index (κ2) is 8.57. The molecule has 7 nitrogen and oxygen atoms in total. The zero-order chi connectivity index (χ0) is 19.3. The first-order valence-corrected chi connectivity index (χ1v) is 8.91. The molecular weight excluding hydrogens is 354 g/mol. The van der Waals surface area contributed by atoms with Gasteiger partial charge in [-0.15, -0.1) is 0 Å². The molecule has 0 radical (unpaired) electrons. The average Bonchev–Trinajstić information content (AvgIpc) is 2.93. The van der Waals surface area contributed by atoms with Crippen LogP contribution in [0, 0.1) is 12.8 Å². The fourth-order valence-electron chi connectivity index (χ4n) is 2.02. The van der Waals surface area contributed by atoms with Crippen molar-refractivity contribution in [2.45, 2.75) is 27.7 Å². The summed E-state index contributed by atoms with van der Waals surface area (Å²) in [5.74, 6) is -0.728. The van der Waals surface area contributed by atoms with Crippen LogP contribution in [0.5, 0.6) is 0 Å². The molecule has 0 spiro atoms. The Bertz CT molecular complexity index is 812. The van der Waals surface area contributed by atoms with Crippen LogP contribution >= 0.6 is 11.3 Å². The van der Waals surface area contributed by atoms with Crippen molar-refractivity contribution < 1.29 is 19.1 Å². The van der Waals surface area contributed by atoms with Gasteiger partial charge in [0.2, 0.25) is 5.91 Å². The van der Waals surface area contributed by atoms with Crippen LogP contribution in [-0.4, -0.2) is 29.4 Å². The van der Waals surface area contributed by atoms with Crippen molar-refractivity contribution in [3.8, 4) is 0 Å². The van der Waals surface area contributed by atoms with Crippen molar-refractivity contribution in [3.63, 3.8) is 0 Å². The maximum Gasteiger partial charge on any atom is 0.350 e. The quantitative estimate of drug-likeness (QED) is 0.754. The largest absolute Gasteiger partial charge is 0.461 e. The van der Waals surface area contributed by atoms with Gasteiger partial charge >= 0.3 is 5.97 Å². The van der Waals surface area contributed by atoms with Crippen LogP contribution in [0.3, 0.4) is 0 Å². The SMILES string of the molecule is CC(=O)Nc1ccc(C(=O)Nc2nc(C)c(C(=O)OCC(C)C)s2)cc1. The molecule has 138 valence electrons. The third-order valence-electron chi connectivity index (χ3n) is 3.22. The molecule has 8 heteroatoms. The van der Waals surface area contributed by atoms with Crippen molar-refractivity contribution >= 4 is 39.9 Å². The van der Waals surface area contributed by atoms with Crippen molar-refractivity contribution in [2.75, 3.05) is 17.2 Å². The number of nitrogens with zero attached hydrogens (tertiary/aromatic N) is 1. The van der Waals surface area contributed by atoms with Crippen LogP contribution < -0.4 is 10.6 Å². The Balaban J connectivity index is 2.04. The minimum Gasteiger partial charge on any atom is -0.461 e. The van der Waals surface area contributed by atoms with Gasteiger partial charge in [-0.25, -0.2) is 9.78 Å². The van der Waals surface area contributed by atoms with Crippen LogP contribution in [0.1, 0.15) is 46.5 Å². The molecule has 2 rings (SSSR count). The van der Waals surface area contributed by atoms with Gasteiger partial charge in [-0.1, -0.05) is 25.2 Å². The molecule has 2 amide bonds. The number of thiazole rings is 1. The number of hydrogen-bond donors (Lipinski definition) is 2. The van der Waals surface area contributed by atoms with Crippen LogP contribution in [-0.2, 0) is 9.53 Å². The minimum absolute atomic E-state index is 0.183. The topological polar surface area (TPSA) is 97.4 Å². The Labute approximate surface area is 155 Å². The monoisotopic (exact) mass is 375 g/mol. The third kappa shape index (κ3) is 5.38. The van der Waals surface area contributed by atoms with E-state index in [9.17, 15) is 14.4 Å². The van der Waals surface area contributed by atoms with E-state index < -0.39 is 5.97 Å². The van der Waals surface area contributed by atoms with Crippen LogP contribution in [0.2, 0.25) is 0 Å². The van der Waals surface area contributed by atoms with E-state index in [0.29, 0.717) is 33.6 Å². The highest BCUT2D eigenvalue weighted by Gasteiger charge is 2.18. The van der Waals surface area contributed by atoms with Crippen LogP contribution in [0.25, 0.3) is 0 Å². The highest BCUT2D eigenvalue weighted by Crippen LogP contribution is 2.24. The third-order valence-corrected chi connectivity index (χ3v) is 4.27. The first-order valence-electron chi connectivity index (χ1n) is 8.09. The summed E-state index contributed by atoms with van der Waals surface area (Å²) in [6.07, 6.45) is 0. The molecule has 0 saturated heterocycles. The highest BCUT2D eigenvalue weighted by atomic mass is 32.1. The van der Waals surface area contributed by atoms with Crippen LogP contribution in [0.4, 0.5) is 10.8 Å². The number of benzene rings is 1. The molecule has 0 bridgehead atoms. The van der Waals surface area contributed by atoms with E-state index in [1.165, 1.54) is 6.92 Å². The number of rotatable bonds is 6. The molecular formula is C18H21N3O4S. The van der Waals surface area contributed by atoms with Gasteiger partial charge < -0.3 is 10.1 Å². The number of carbonyl (C=O) groups excluding carboxylic acids is 3. The summed E-state index contributed by atoms with van der Waals surface area (Å²) in [5, 5.41) is 5.63. The molecule has 2 aromatic rings. The molecule has 2 N–H and O–H groups in total. The number of hydrogen-bond acceptors (Lipinski definition) is 6. The second-order valence-electron chi connectivity index (χ2n) is 6.14. The van der Waals surface area contributed by atoms with Crippen molar-refractivity contribution in [2.24, 2.45) is 5.92 Å². The zero-order valence-electron chi connectivity index (χ0n) is 15.1. The molecule has 26 heavy (non-hydrogen) atoms. The lowest BCUT2D eigenvalue weighted by atomic mass is 10.2. The van der Waals surface area contributed by atoms with Gasteiger partial charge in [-0.05, 0) is 37.1 Å². The average molecular weight is 375 g/mol. The lowest BCUT2D eigenvalue weighted by Crippen LogP contribution is -2.12. The lowest BCUT2D eigenvalue weighted by Gasteiger charge is -2.05. The fraction of sp³-hybridized carbons (Fsp3) is 0.333. The lowest BCUT2D eigenvalue weighted by molar-refractivity contribution is -0.114. The number of nitrogens with one attached hydrogen (secondary N) is 2. The molecule has 0 unspecified atom stereocenters. The van der Waals surface area contributed by atoms with E-state index in [2.05, 4.69) is 15.6 Å². The number of aromatic nitrogens is 1. The maximum absolute atomic E-state index is 12.3. The highest BCUT2D eigenvalue weighted by molar-refractivity contribution is 7.17. The van der Waals surface area contributed by atoms with Gasteiger partial charge in [0, 0.05) is 18.2 Å². The number of ether oxygens (including phenoxy) is 1. The summed E-state index contributed by atoms with van der Waals surface area (Å²) in [7, 11) is 0. The van der Waals surface area contributed by atoms with E-state index in [-0.39, 0.29) is 17.7 Å². The van der Waals surface area contributed by atoms with E-state index in [4.69, 9.17) is 4.74 Å². The first-order chi connectivity index (χ1) is 12.3. The maximum atomic E-state index is 12.3. The zero-order valence-corrected chi connectivity index (χ0v) is 15.9. The Kier molecular flexibility index (Phi) is 6.46. The normalized spacial score (nSPS) is 10.5. The Morgan fingerprint density at radius 3 is 2.38 bits per heavy atom. The summed E-state index contributed by atoms with van der Waals surface area (Å²) in [4.78, 5) is 40.0. The van der Waals surface area contributed by atoms with Crippen LogP contribution in [0.15, 0.2) is 24.3 Å². The standard InChI is InChI=1S/C18H21N3O4S/c1-10(2)9-25-17(24)15-11(3)19-18(26-15)21-16(23)13-5-7-14(8-6-13)20-12(4)22/h5-8,10H,9H2,1-4H3,(H,20,22)(H,19,21,23). The smallest absolute Gasteiger partial charge is 0.350 e. The van der Waals surface area contributed by atoms with Crippen molar-refractivity contribution in [1.82, 2.24) is 4.98 Å². The number of carbonyl (C=O) groups is 3. The summed E-state index contributed by atoms with van der Waals surface area (Å²) in [6.45, 7) is 7.35. The number of aryl methyl sites for hydroxylation is 1. The van der Waals surface area contributed by atoms with Gasteiger partial charge in [-0.2, -0.15) is 0 Å². The van der Waals surface area contributed by atoms with E-state index in [1.54, 1.807) is 31.2 Å². The fourth-order valence-corrected chi connectivity index (χ4v) is 2.88. The van der Waals surface area contributed by atoms with Crippen molar-refractivity contribution in [3.05, 3.63) is 40.4 Å². The van der Waals surface area contributed by atoms with Gasteiger partial charge in [0.15, 0.2) is 5.13 Å². The van der Waals surface area contributed by atoms with E-state index >= 15 is 0 Å². The Morgan fingerprint density at radius 2 is 1.81 bits per heavy atom. The summed E-state index contributed by atoms with van der Waals surface area (Å²) in [5.41, 5.74) is 1.53. The molecule has 0 atom stereocenters. The van der Waals surface area contributed by atoms with Gasteiger partial charge in [0.05, 0.1) is 12.3 Å². The molecule has 1 heterocycles. The number of amides is 2. The summed E-state index contributed by atoms with van der Waals surface area (Å²) >= 11 is 1.08. The second-order valence-corrected chi connectivity index (χ2v) is 7.14. The molecule has 1 aromatic heterocycles. The van der Waals surface area contributed by atoms with Crippen molar-refractivity contribution in [1.29, 1.82) is 0 Å². The molecule has 0 aliphatic rings. The van der Waals surface area contributed by atoms with Gasteiger partial charge in [0.25, 0.3) is 5.91 Å². The molecule has 0 aliphatic heterocycles.